The van der Waals surface area contributed by atoms with Crippen molar-refractivity contribution in [1.82, 2.24) is 10.2 Å². The molecule has 88 valence electrons. The van der Waals surface area contributed by atoms with Crippen molar-refractivity contribution < 1.29 is 4.79 Å². The topological polar surface area (TPSA) is 32.3 Å². The quantitative estimate of drug-likeness (QED) is 0.718. The molecule has 0 bridgehead atoms. The van der Waals surface area contributed by atoms with Crippen molar-refractivity contribution in [3.05, 3.63) is 0 Å². The van der Waals surface area contributed by atoms with Crippen LogP contribution < -0.4 is 5.32 Å². The molecule has 1 amide bonds. The third-order valence-electron chi connectivity index (χ3n) is 3.21. The largest absolute Gasteiger partial charge is 0.343 e. The van der Waals surface area contributed by atoms with Crippen LogP contribution >= 0.6 is 0 Å². The third kappa shape index (κ3) is 3.20. The van der Waals surface area contributed by atoms with Gasteiger partial charge >= 0.3 is 0 Å². The molecular formula is C12H24N2O. The maximum absolute atomic E-state index is 11.4. The summed E-state index contributed by atoms with van der Waals surface area (Å²) < 4.78 is 0. The molecule has 3 nitrogen and oxygen atoms in total. The summed E-state index contributed by atoms with van der Waals surface area (Å²) in [5.41, 5.74) is 0.215. The number of hydrogen-bond acceptors (Lipinski definition) is 2. The van der Waals surface area contributed by atoms with Crippen LogP contribution in [0.1, 0.15) is 47.5 Å². The maximum atomic E-state index is 11.4. The minimum Gasteiger partial charge on any atom is -0.343 e. The highest BCUT2D eigenvalue weighted by Crippen LogP contribution is 2.30. The molecule has 0 unspecified atom stereocenters. The number of carbonyl (C=O) groups is 1. The van der Waals surface area contributed by atoms with E-state index >= 15 is 0 Å². The summed E-state index contributed by atoms with van der Waals surface area (Å²) in [6.45, 7) is 10.5. The fraction of sp³-hybridized carbons (Fsp3) is 0.917. The Kier molecular flexibility index (Phi) is 3.15. The lowest BCUT2D eigenvalue weighted by Crippen LogP contribution is -2.62. The second-order valence-corrected chi connectivity index (χ2v) is 6.08. The molecule has 0 aromatic heterocycles. The number of amides is 1. The molecule has 0 radical (unpaired) electrons. The van der Waals surface area contributed by atoms with Gasteiger partial charge < -0.3 is 10.2 Å². The zero-order valence-electron chi connectivity index (χ0n) is 10.8. The van der Waals surface area contributed by atoms with E-state index in [0.717, 1.165) is 12.8 Å². The van der Waals surface area contributed by atoms with Crippen molar-refractivity contribution >= 4 is 5.91 Å². The molecule has 1 aliphatic heterocycles. The summed E-state index contributed by atoms with van der Waals surface area (Å²) in [6, 6.07) is 0.355. The Morgan fingerprint density at radius 2 is 1.60 bits per heavy atom. The van der Waals surface area contributed by atoms with E-state index in [1.165, 1.54) is 0 Å². The van der Waals surface area contributed by atoms with Crippen molar-refractivity contribution in [2.75, 3.05) is 7.05 Å². The molecule has 0 spiro atoms. The second kappa shape index (κ2) is 3.78. The molecule has 0 aromatic rings. The van der Waals surface area contributed by atoms with Crippen LogP contribution in [-0.2, 0) is 4.79 Å². The van der Waals surface area contributed by atoms with Crippen LogP contribution in [-0.4, -0.2) is 35.0 Å². The number of piperidine rings is 1. The van der Waals surface area contributed by atoms with E-state index in [1.54, 1.807) is 6.92 Å². The normalized spacial score (nSPS) is 24.9. The highest BCUT2D eigenvalue weighted by molar-refractivity contribution is 5.73. The molecule has 0 atom stereocenters. The molecule has 1 N–H and O–H groups in total. The minimum absolute atomic E-state index is 0.107. The molecule has 3 heteroatoms. The zero-order chi connectivity index (χ0) is 11.9. The molecule has 0 saturated carbocycles. The number of hydrogen-bond donors (Lipinski definition) is 1. The Morgan fingerprint density at radius 3 is 1.93 bits per heavy atom. The summed E-state index contributed by atoms with van der Waals surface area (Å²) in [5.74, 6) is 0.161. The Bertz CT molecular complexity index is 242. The van der Waals surface area contributed by atoms with Crippen LogP contribution in [0.4, 0.5) is 0 Å². The SMILES string of the molecule is CC(=O)N(C)C1CC(C)(C)NC(C)(C)C1. The molecular weight excluding hydrogens is 188 g/mol. The monoisotopic (exact) mass is 212 g/mol. The molecule has 1 fully saturated rings. The molecule has 1 rings (SSSR count). The van der Waals surface area contributed by atoms with E-state index in [2.05, 4.69) is 33.0 Å². The third-order valence-corrected chi connectivity index (χ3v) is 3.21. The van der Waals surface area contributed by atoms with Gasteiger partial charge in [-0.05, 0) is 40.5 Å². The summed E-state index contributed by atoms with van der Waals surface area (Å²) in [4.78, 5) is 13.2. The molecule has 1 saturated heterocycles. The Labute approximate surface area is 93.2 Å². The fourth-order valence-electron chi connectivity index (χ4n) is 2.80. The van der Waals surface area contributed by atoms with Gasteiger partial charge in [-0.15, -0.1) is 0 Å². The smallest absolute Gasteiger partial charge is 0.219 e. The standard InChI is InChI=1S/C12H24N2O/c1-9(15)14(6)10-7-11(2,3)13-12(4,5)8-10/h10,13H,7-8H2,1-6H3. The van der Waals surface area contributed by atoms with E-state index in [0.29, 0.717) is 6.04 Å². The van der Waals surface area contributed by atoms with Gasteiger partial charge in [-0.3, -0.25) is 4.79 Å². The first-order chi connectivity index (χ1) is 6.63. The van der Waals surface area contributed by atoms with Crippen LogP contribution in [0.25, 0.3) is 0 Å². The van der Waals surface area contributed by atoms with Crippen LogP contribution in [0.3, 0.4) is 0 Å². The Balaban J connectivity index is 2.79. The van der Waals surface area contributed by atoms with Crippen LogP contribution in [0.2, 0.25) is 0 Å². The zero-order valence-corrected chi connectivity index (χ0v) is 10.8. The average Bonchev–Trinajstić information content (AvgIpc) is 1.96. The lowest BCUT2D eigenvalue weighted by Gasteiger charge is -2.48. The van der Waals surface area contributed by atoms with Crippen molar-refractivity contribution in [2.45, 2.75) is 64.6 Å². The predicted octanol–water partition coefficient (Wildman–Crippen LogP) is 1.77. The molecule has 0 aliphatic carbocycles. The summed E-state index contributed by atoms with van der Waals surface area (Å²) in [6.07, 6.45) is 2.04. The minimum atomic E-state index is 0.107. The van der Waals surface area contributed by atoms with Gasteiger partial charge in [0.05, 0.1) is 0 Å². The van der Waals surface area contributed by atoms with Gasteiger partial charge in [0.1, 0.15) is 0 Å². The Morgan fingerprint density at radius 1 is 1.20 bits per heavy atom. The molecule has 15 heavy (non-hydrogen) atoms. The first-order valence-electron chi connectivity index (χ1n) is 5.66. The maximum Gasteiger partial charge on any atom is 0.219 e. The van der Waals surface area contributed by atoms with Gasteiger partial charge in [0.2, 0.25) is 5.91 Å². The van der Waals surface area contributed by atoms with Crippen LogP contribution in [0, 0.1) is 0 Å². The summed E-state index contributed by atoms with van der Waals surface area (Å²) in [5, 5.41) is 3.62. The molecule has 1 aliphatic rings. The first-order valence-corrected chi connectivity index (χ1v) is 5.66. The van der Waals surface area contributed by atoms with E-state index in [9.17, 15) is 4.79 Å². The number of nitrogens with zero attached hydrogens (tertiary/aromatic N) is 1. The van der Waals surface area contributed by atoms with E-state index < -0.39 is 0 Å². The molecule has 0 aromatic carbocycles. The van der Waals surface area contributed by atoms with Crippen molar-refractivity contribution in [1.29, 1.82) is 0 Å². The van der Waals surface area contributed by atoms with E-state index in [4.69, 9.17) is 0 Å². The lowest BCUT2D eigenvalue weighted by atomic mass is 9.79. The van der Waals surface area contributed by atoms with Gasteiger partial charge in [-0.25, -0.2) is 0 Å². The summed E-state index contributed by atoms with van der Waals surface area (Å²) >= 11 is 0. The average molecular weight is 212 g/mol. The fourth-order valence-corrected chi connectivity index (χ4v) is 2.80. The number of rotatable bonds is 1. The van der Waals surface area contributed by atoms with Gasteiger partial charge in [0, 0.05) is 31.1 Å². The highest BCUT2D eigenvalue weighted by Gasteiger charge is 2.39. The second-order valence-electron chi connectivity index (χ2n) is 6.08. The molecule has 1 heterocycles. The lowest BCUT2D eigenvalue weighted by molar-refractivity contribution is -0.131. The number of carbonyl (C=O) groups excluding carboxylic acids is 1. The van der Waals surface area contributed by atoms with Crippen molar-refractivity contribution in [3.8, 4) is 0 Å². The van der Waals surface area contributed by atoms with Crippen molar-refractivity contribution in [3.63, 3.8) is 0 Å². The van der Waals surface area contributed by atoms with Crippen LogP contribution in [0.5, 0.6) is 0 Å². The Hall–Kier alpha value is -0.570. The van der Waals surface area contributed by atoms with E-state index in [1.807, 2.05) is 11.9 Å². The van der Waals surface area contributed by atoms with Crippen molar-refractivity contribution in [2.24, 2.45) is 0 Å². The van der Waals surface area contributed by atoms with E-state index in [-0.39, 0.29) is 17.0 Å². The van der Waals surface area contributed by atoms with Gasteiger partial charge in [0.25, 0.3) is 0 Å². The number of nitrogens with one attached hydrogen (secondary N) is 1. The first kappa shape index (κ1) is 12.5. The highest BCUT2D eigenvalue weighted by atomic mass is 16.2. The van der Waals surface area contributed by atoms with Gasteiger partial charge in [-0.2, -0.15) is 0 Å². The van der Waals surface area contributed by atoms with Crippen LogP contribution in [0.15, 0.2) is 0 Å². The predicted molar refractivity (Wildman–Crippen MR) is 62.8 cm³/mol. The summed E-state index contributed by atoms with van der Waals surface area (Å²) in [7, 11) is 1.91. The van der Waals surface area contributed by atoms with Gasteiger partial charge in [0.15, 0.2) is 0 Å². The van der Waals surface area contributed by atoms with Gasteiger partial charge in [-0.1, -0.05) is 0 Å².